The first-order chi connectivity index (χ1) is 11.0. The highest BCUT2D eigenvalue weighted by Gasteiger charge is 2.24. The monoisotopic (exact) mass is 329 g/mol. The molecule has 0 radical (unpaired) electrons. The molecule has 0 aliphatic rings. The number of hydrogen-bond acceptors (Lipinski definition) is 5. The highest BCUT2D eigenvalue weighted by atomic mass is 32.1. The van der Waals surface area contributed by atoms with Gasteiger partial charge in [-0.2, -0.15) is 0 Å². The fraction of sp³-hybridized carbons (Fsp3) is 0.188. The van der Waals surface area contributed by atoms with Crippen molar-refractivity contribution in [1.82, 2.24) is 9.72 Å². The van der Waals surface area contributed by atoms with E-state index < -0.39 is 11.5 Å². The van der Waals surface area contributed by atoms with Gasteiger partial charge in [0, 0.05) is 17.5 Å². The number of nitrogens with zero attached hydrogens (tertiary/aromatic N) is 2. The average Bonchev–Trinajstić information content (AvgIpc) is 2.98. The smallest absolute Gasteiger partial charge is 0.335 e. The molecule has 3 aromatic rings. The van der Waals surface area contributed by atoms with Gasteiger partial charge in [-0.1, -0.05) is 30.3 Å². The van der Waals surface area contributed by atoms with Crippen molar-refractivity contribution in [2.45, 2.75) is 13.8 Å². The van der Waals surface area contributed by atoms with Crippen LogP contribution in [0.4, 0.5) is 5.13 Å². The van der Waals surface area contributed by atoms with Crippen molar-refractivity contribution in [3.63, 3.8) is 0 Å². The first-order valence-corrected chi connectivity index (χ1v) is 7.80. The third-order valence-corrected chi connectivity index (χ3v) is 4.49. The van der Waals surface area contributed by atoms with E-state index >= 15 is 0 Å². The Labute approximate surface area is 136 Å². The maximum absolute atomic E-state index is 12.5. The molecule has 1 amide bonds. The van der Waals surface area contributed by atoms with Gasteiger partial charge in [-0.25, -0.2) is 14.5 Å². The molecule has 0 atom stereocenters. The number of thiazole rings is 1. The lowest BCUT2D eigenvalue weighted by atomic mass is 10.1. The van der Waals surface area contributed by atoms with E-state index in [4.69, 9.17) is 4.52 Å². The van der Waals surface area contributed by atoms with Crippen molar-refractivity contribution >= 4 is 22.4 Å². The fourth-order valence-corrected chi connectivity index (χ4v) is 3.09. The largest absolute Gasteiger partial charge is 0.370 e. The molecule has 0 aliphatic carbocycles. The summed E-state index contributed by atoms with van der Waals surface area (Å²) in [6.45, 7) is 3.79. The summed E-state index contributed by atoms with van der Waals surface area (Å²) in [7, 11) is 1.60. The molecule has 7 heteroatoms. The minimum Gasteiger partial charge on any atom is -0.335 e. The predicted molar refractivity (Wildman–Crippen MR) is 88.9 cm³/mol. The number of rotatable bonds is 3. The maximum Gasteiger partial charge on any atom is 0.370 e. The van der Waals surface area contributed by atoms with Gasteiger partial charge in [-0.05, 0) is 13.8 Å². The van der Waals surface area contributed by atoms with E-state index in [1.807, 2.05) is 44.2 Å². The van der Waals surface area contributed by atoms with E-state index in [1.54, 1.807) is 7.05 Å². The molecule has 0 aliphatic heterocycles. The van der Waals surface area contributed by atoms with Crippen LogP contribution in [-0.4, -0.2) is 15.6 Å². The Balaban J connectivity index is 2.02. The standard InChI is InChI=1S/C16H15N3O3S/c1-9-10(2)23-16(17-9)18-14(20)12-13(19(3)22-15(12)21)11-7-5-4-6-8-11/h4-8H,1-3H3,(H,17,18,20). The Bertz CT molecular complexity index is 902. The Hall–Kier alpha value is -2.67. The van der Waals surface area contributed by atoms with Gasteiger partial charge in [0.05, 0.1) is 5.69 Å². The molecule has 2 heterocycles. The molecule has 1 N–H and O–H groups in total. The van der Waals surface area contributed by atoms with Crippen LogP contribution in [-0.2, 0) is 7.05 Å². The van der Waals surface area contributed by atoms with Crippen LogP contribution in [0.2, 0.25) is 0 Å². The van der Waals surface area contributed by atoms with Gasteiger partial charge < -0.3 is 4.52 Å². The minimum absolute atomic E-state index is 0.0239. The summed E-state index contributed by atoms with van der Waals surface area (Å²) in [5.41, 5.74) is 1.34. The van der Waals surface area contributed by atoms with Gasteiger partial charge >= 0.3 is 5.63 Å². The molecule has 1 aromatic carbocycles. The number of anilines is 1. The SMILES string of the molecule is Cc1nc(NC(=O)c2c(-c3ccccc3)n(C)oc2=O)sc1C. The topological polar surface area (TPSA) is 77.1 Å². The van der Waals surface area contributed by atoms with Crippen molar-refractivity contribution in [2.24, 2.45) is 7.05 Å². The Morgan fingerprint density at radius 1 is 1.26 bits per heavy atom. The van der Waals surface area contributed by atoms with Crippen LogP contribution in [0.15, 0.2) is 39.6 Å². The number of aromatic nitrogens is 2. The number of aryl methyl sites for hydroxylation is 3. The van der Waals surface area contributed by atoms with Crippen molar-refractivity contribution < 1.29 is 9.32 Å². The molecule has 0 unspecified atom stereocenters. The molecule has 0 saturated carbocycles. The van der Waals surface area contributed by atoms with E-state index in [0.29, 0.717) is 10.8 Å². The number of carbonyl (C=O) groups is 1. The molecule has 3 rings (SSSR count). The maximum atomic E-state index is 12.5. The van der Waals surface area contributed by atoms with Gasteiger partial charge in [0.15, 0.2) is 10.7 Å². The molecule has 6 nitrogen and oxygen atoms in total. The van der Waals surface area contributed by atoms with Crippen molar-refractivity contribution in [3.8, 4) is 11.3 Å². The molecule has 2 aromatic heterocycles. The van der Waals surface area contributed by atoms with Gasteiger partial charge in [0.25, 0.3) is 5.91 Å². The molecule has 0 saturated heterocycles. The Kier molecular flexibility index (Phi) is 3.87. The normalized spacial score (nSPS) is 10.7. The van der Waals surface area contributed by atoms with Gasteiger partial charge in [-0.15, -0.1) is 11.3 Å². The molecular formula is C16H15N3O3S. The van der Waals surface area contributed by atoms with Crippen LogP contribution in [0.1, 0.15) is 20.9 Å². The number of amides is 1. The van der Waals surface area contributed by atoms with Crippen LogP contribution in [0.5, 0.6) is 0 Å². The Morgan fingerprint density at radius 3 is 2.57 bits per heavy atom. The minimum atomic E-state index is -0.672. The van der Waals surface area contributed by atoms with Crippen LogP contribution < -0.4 is 10.9 Å². The zero-order valence-electron chi connectivity index (χ0n) is 12.9. The Morgan fingerprint density at radius 2 is 1.96 bits per heavy atom. The quantitative estimate of drug-likeness (QED) is 0.801. The second-order valence-corrected chi connectivity index (χ2v) is 6.28. The highest BCUT2D eigenvalue weighted by Crippen LogP contribution is 2.25. The number of benzene rings is 1. The van der Waals surface area contributed by atoms with Crippen LogP contribution in [0.25, 0.3) is 11.3 Å². The molecule has 0 spiro atoms. The second kappa shape index (κ2) is 5.85. The second-order valence-electron chi connectivity index (χ2n) is 5.08. The summed E-state index contributed by atoms with van der Waals surface area (Å²) in [6.07, 6.45) is 0. The number of hydrogen-bond donors (Lipinski definition) is 1. The average molecular weight is 329 g/mol. The van der Waals surface area contributed by atoms with Crippen LogP contribution in [0, 0.1) is 13.8 Å². The third-order valence-electron chi connectivity index (χ3n) is 3.50. The summed E-state index contributed by atoms with van der Waals surface area (Å²) in [6, 6.07) is 9.17. The number of nitrogens with one attached hydrogen (secondary N) is 1. The molecular weight excluding hydrogens is 314 g/mol. The van der Waals surface area contributed by atoms with Crippen LogP contribution >= 0.6 is 11.3 Å². The summed E-state index contributed by atoms with van der Waals surface area (Å²) < 4.78 is 6.38. The van der Waals surface area contributed by atoms with Crippen molar-refractivity contribution in [1.29, 1.82) is 0 Å². The zero-order valence-corrected chi connectivity index (χ0v) is 13.7. The highest BCUT2D eigenvalue weighted by molar-refractivity contribution is 7.15. The summed E-state index contributed by atoms with van der Waals surface area (Å²) in [4.78, 5) is 29.9. The molecule has 0 bridgehead atoms. The van der Waals surface area contributed by atoms with Crippen molar-refractivity contribution in [2.75, 3.05) is 5.32 Å². The summed E-state index contributed by atoms with van der Waals surface area (Å²) >= 11 is 1.37. The predicted octanol–water partition coefficient (Wildman–Crippen LogP) is 2.97. The van der Waals surface area contributed by atoms with E-state index in [1.165, 1.54) is 16.1 Å². The van der Waals surface area contributed by atoms with Crippen LogP contribution in [0.3, 0.4) is 0 Å². The number of carbonyl (C=O) groups excluding carboxylic acids is 1. The van der Waals surface area contributed by atoms with Gasteiger partial charge in [-0.3, -0.25) is 10.1 Å². The first kappa shape index (κ1) is 15.2. The van der Waals surface area contributed by atoms with E-state index in [9.17, 15) is 9.59 Å². The lowest BCUT2D eigenvalue weighted by Gasteiger charge is -2.04. The lowest BCUT2D eigenvalue weighted by Crippen LogP contribution is -2.19. The van der Waals surface area contributed by atoms with E-state index in [0.717, 1.165) is 16.1 Å². The molecule has 0 fully saturated rings. The summed E-state index contributed by atoms with van der Waals surface area (Å²) in [5.74, 6) is -0.521. The summed E-state index contributed by atoms with van der Waals surface area (Å²) in [5, 5.41) is 3.14. The van der Waals surface area contributed by atoms with E-state index in [-0.39, 0.29) is 5.56 Å². The van der Waals surface area contributed by atoms with Gasteiger partial charge in [0.1, 0.15) is 5.69 Å². The zero-order chi connectivity index (χ0) is 16.6. The third kappa shape index (κ3) is 2.83. The van der Waals surface area contributed by atoms with E-state index in [2.05, 4.69) is 10.3 Å². The first-order valence-electron chi connectivity index (χ1n) is 6.98. The fourth-order valence-electron chi connectivity index (χ4n) is 2.28. The lowest BCUT2D eigenvalue weighted by molar-refractivity contribution is 0.102. The molecule has 118 valence electrons. The van der Waals surface area contributed by atoms with Crippen molar-refractivity contribution in [3.05, 3.63) is 56.9 Å². The molecule has 23 heavy (non-hydrogen) atoms. The van der Waals surface area contributed by atoms with Gasteiger partial charge in [0.2, 0.25) is 0 Å².